The van der Waals surface area contributed by atoms with E-state index in [2.05, 4.69) is 27.9 Å². The van der Waals surface area contributed by atoms with Crippen molar-refractivity contribution in [3.8, 4) is 5.75 Å². The van der Waals surface area contributed by atoms with E-state index < -0.39 is 10.0 Å². The van der Waals surface area contributed by atoms with Gasteiger partial charge in [0.15, 0.2) is 0 Å². The number of anilines is 1. The number of methoxy groups -OCH3 is 1. The molecule has 1 amide bonds. The summed E-state index contributed by atoms with van der Waals surface area (Å²) in [6.07, 6.45) is 0. The Morgan fingerprint density at radius 3 is 2.29 bits per heavy atom. The van der Waals surface area contributed by atoms with Gasteiger partial charge in [-0.05, 0) is 84.1 Å². The Balaban J connectivity index is 1.83. The number of carbonyl (C=O) groups excluding carboxylic acids is 1. The van der Waals surface area contributed by atoms with Crippen LogP contribution in [0.2, 0.25) is 0 Å². The molecule has 0 fully saturated rings. The third-order valence-corrected chi connectivity index (χ3v) is 7.30. The smallest absolute Gasteiger partial charge is 0.255 e. The molecule has 0 saturated carbocycles. The van der Waals surface area contributed by atoms with Gasteiger partial charge < -0.3 is 10.1 Å². The zero-order valence-corrected chi connectivity index (χ0v) is 20.4. The van der Waals surface area contributed by atoms with Crippen LogP contribution in [0.15, 0.2) is 71.6 Å². The first kappa shape index (κ1) is 23.2. The van der Waals surface area contributed by atoms with E-state index in [0.29, 0.717) is 22.6 Å². The first-order valence-electron chi connectivity index (χ1n) is 9.47. The summed E-state index contributed by atoms with van der Waals surface area (Å²) in [5.74, 6) is 0.228. The molecule has 0 atom stereocenters. The Bertz CT molecular complexity index is 1180. The number of halogens is 1. The lowest BCUT2D eigenvalue weighted by Crippen LogP contribution is -2.27. The summed E-state index contributed by atoms with van der Waals surface area (Å²) in [6.45, 7) is 1.96. The number of carbonyl (C=O) groups is 1. The number of amides is 1. The van der Waals surface area contributed by atoms with Gasteiger partial charge in [-0.2, -0.15) is 4.31 Å². The molecule has 0 saturated heterocycles. The maximum atomic E-state index is 12.9. The highest BCUT2D eigenvalue weighted by molar-refractivity contribution is 14.1. The summed E-state index contributed by atoms with van der Waals surface area (Å²) in [7, 11) is -0.669. The topological polar surface area (TPSA) is 75.7 Å². The number of ether oxygens (including phenoxy) is 1. The van der Waals surface area contributed by atoms with Crippen LogP contribution >= 0.6 is 22.6 Å². The Labute approximate surface area is 196 Å². The molecule has 0 spiro atoms. The average Bonchev–Trinajstić information content (AvgIpc) is 2.75. The molecule has 0 aliphatic heterocycles. The first-order chi connectivity index (χ1) is 14.7. The van der Waals surface area contributed by atoms with Gasteiger partial charge in [0.05, 0.1) is 12.0 Å². The van der Waals surface area contributed by atoms with Crippen molar-refractivity contribution in [1.82, 2.24) is 4.31 Å². The molecule has 6 nitrogen and oxygen atoms in total. The van der Waals surface area contributed by atoms with Crippen LogP contribution in [0.1, 0.15) is 21.5 Å². The van der Waals surface area contributed by atoms with Crippen LogP contribution in [0.4, 0.5) is 5.69 Å². The maximum Gasteiger partial charge on any atom is 0.255 e. The summed E-state index contributed by atoms with van der Waals surface area (Å²) >= 11 is 2.20. The lowest BCUT2D eigenvalue weighted by molar-refractivity contribution is 0.102. The third kappa shape index (κ3) is 5.63. The van der Waals surface area contributed by atoms with E-state index in [4.69, 9.17) is 4.74 Å². The summed E-state index contributed by atoms with van der Waals surface area (Å²) in [5.41, 5.74) is 2.67. The Morgan fingerprint density at radius 2 is 1.68 bits per heavy atom. The summed E-state index contributed by atoms with van der Waals surface area (Å²) in [5, 5.41) is 2.85. The second-order valence-corrected chi connectivity index (χ2v) is 10.4. The van der Waals surface area contributed by atoms with Crippen LogP contribution in [-0.4, -0.2) is 32.8 Å². The fourth-order valence-corrected chi connectivity index (χ4v) is 4.50. The SMILES string of the molecule is COc1ccc(C(=O)Nc2ccc(I)cc2)cc1CN(C)S(=O)(=O)c1ccc(C)cc1. The normalized spacial score (nSPS) is 11.4. The number of rotatable bonds is 7. The molecule has 0 unspecified atom stereocenters. The molecule has 0 bridgehead atoms. The minimum Gasteiger partial charge on any atom is -0.496 e. The average molecular weight is 550 g/mol. The third-order valence-electron chi connectivity index (χ3n) is 4.77. The lowest BCUT2D eigenvalue weighted by atomic mass is 10.1. The molecule has 3 rings (SSSR count). The Kier molecular flexibility index (Phi) is 7.34. The lowest BCUT2D eigenvalue weighted by Gasteiger charge is -2.19. The molecule has 162 valence electrons. The zero-order chi connectivity index (χ0) is 22.6. The summed E-state index contributed by atoms with van der Waals surface area (Å²) < 4.78 is 33.6. The van der Waals surface area contributed by atoms with Gasteiger partial charge in [-0.15, -0.1) is 0 Å². The fraction of sp³-hybridized carbons (Fsp3) is 0.174. The summed E-state index contributed by atoms with van der Waals surface area (Å²) in [4.78, 5) is 12.9. The summed E-state index contributed by atoms with van der Waals surface area (Å²) in [6, 6.07) is 19.1. The van der Waals surface area contributed by atoms with Crippen LogP contribution in [0, 0.1) is 10.5 Å². The van der Waals surface area contributed by atoms with Gasteiger partial charge in [0, 0.05) is 34.0 Å². The highest BCUT2D eigenvalue weighted by Gasteiger charge is 2.22. The predicted molar refractivity (Wildman–Crippen MR) is 130 cm³/mol. The van der Waals surface area contributed by atoms with E-state index in [1.807, 2.05) is 31.2 Å². The van der Waals surface area contributed by atoms with Crippen molar-refractivity contribution in [1.29, 1.82) is 0 Å². The van der Waals surface area contributed by atoms with Gasteiger partial charge in [-0.1, -0.05) is 17.7 Å². The number of nitrogens with one attached hydrogen (secondary N) is 1. The van der Waals surface area contributed by atoms with Gasteiger partial charge >= 0.3 is 0 Å². The van der Waals surface area contributed by atoms with Crippen molar-refractivity contribution in [2.45, 2.75) is 18.4 Å². The molecular weight excluding hydrogens is 527 g/mol. The van der Waals surface area contributed by atoms with Crippen molar-refractivity contribution < 1.29 is 17.9 Å². The van der Waals surface area contributed by atoms with Crippen molar-refractivity contribution in [2.24, 2.45) is 0 Å². The molecule has 3 aromatic rings. The number of sulfonamides is 1. The number of hydrogen-bond acceptors (Lipinski definition) is 4. The standard InChI is InChI=1S/C23H23IN2O4S/c1-16-4-11-21(12-5-16)31(28,29)26(2)15-18-14-17(6-13-22(18)30-3)23(27)25-20-9-7-19(24)8-10-20/h4-14H,15H2,1-3H3,(H,25,27). The largest absolute Gasteiger partial charge is 0.496 e. The van der Waals surface area contributed by atoms with Gasteiger partial charge in [-0.3, -0.25) is 4.79 Å². The van der Waals surface area contributed by atoms with E-state index in [0.717, 1.165) is 9.13 Å². The molecule has 8 heteroatoms. The van der Waals surface area contributed by atoms with Gasteiger partial charge in [-0.25, -0.2) is 8.42 Å². The molecule has 3 aromatic carbocycles. The molecular formula is C23H23IN2O4S. The molecule has 0 aliphatic rings. The monoisotopic (exact) mass is 550 g/mol. The van der Waals surface area contributed by atoms with E-state index >= 15 is 0 Å². The van der Waals surface area contributed by atoms with Gasteiger partial charge in [0.25, 0.3) is 5.91 Å². The van der Waals surface area contributed by atoms with E-state index in [-0.39, 0.29) is 17.3 Å². The minimum atomic E-state index is -3.69. The van der Waals surface area contributed by atoms with Crippen molar-refractivity contribution >= 4 is 44.2 Å². The molecule has 0 radical (unpaired) electrons. The predicted octanol–water partition coefficient (Wildman–Crippen LogP) is 4.68. The Morgan fingerprint density at radius 1 is 1.03 bits per heavy atom. The van der Waals surface area contributed by atoms with Crippen LogP contribution in [0.25, 0.3) is 0 Å². The molecule has 0 aromatic heterocycles. The molecule has 1 N–H and O–H groups in total. The van der Waals surface area contributed by atoms with Crippen LogP contribution in [-0.2, 0) is 16.6 Å². The minimum absolute atomic E-state index is 0.0596. The molecule has 0 aliphatic carbocycles. The quantitative estimate of drug-likeness (QED) is 0.434. The van der Waals surface area contributed by atoms with E-state index in [1.165, 1.54) is 18.5 Å². The van der Waals surface area contributed by atoms with Crippen LogP contribution < -0.4 is 10.1 Å². The second kappa shape index (κ2) is 9.80. The van der Waals surface area contributed by atoms with Gasteiger partial charge in [0.2, 0.25) is 10.0 Å². The Hall–Kier alpha value is -2.43. The highest BCUT2D eigenvalue weighted by Crippen LogP contribution is 2.25. The van der Waals surface area contributed by atoms with Crippen molar-refractivity contribution in [3.63, 3.8) is 0 Å². The maximum absolute atomic E-state index is 12.9. The molecule has 0 heterocycles. The number of benzene rings is 3. The molecule has 31 heavy (non-hydrogen) atoms. The van der Waals surface area contributed by atoms with E-state index in [9.17, 15) is 13.2 Å². The van der Waals surface area contributed by atoms with Crippen molar-refractivity contribution in [2.75, 3.05) is 19.5 Å². The number of nitrogens with zero attached hydrogens (tertiary/aromatic N) is 1. The zero-order valence-electron chi connectivity index (χ0n) is 17.4. The van der Waals surface area contributed by atoms with Gasteiger partial charge in [0.1, 0.15) is 5.75 Å². The fourth-order valence-electron chi connectivity index (χ4n) is 2.99. The number of aryl methyl sites for hydroxylation is 1. The van der Waals surface area contributed by atoms with Crippen LogP contribution in [0.5, 0.6) is 5.75 Å². The number of hydrogen-bond donors (Lipinski definition) is 1. The van der Waals surface area contributed by atoms with Crippen LogP contribution in [0.3, 0.4) is 0 Å². The van der Waals surface area contributed by atoms with E-state index in [1.54, 1.807) is 42.5 Å². The second-order valence-electron chi connectivity index (χ2n) is 7.06. The highest BCUT2D eigenvalue weighted by atomic mass is 127. The van der Waals surface area contributed by atoms with Crippen molar-refractivity contribution in [3.05, 3.63) is 87.0 Å². The first-order valence-corrected chi connectivity index (χ1v) is 12.0.